The van der Waals surface area contributed by atoms with Crippen LogP contribution < -0.4 is 0 Å². The second kappa shape index (κ2) is 11.8. The van der Waals surface area contributed by atoms with E-state index in [1.54, 1.807) is 6.42 Å². The summed E-state index contributed by atoms with van der Waals surface area (Å²) in [6, 6.07) is 0. The lowest BCUT2D eigenvalue weighted by Crippen LogP contribution is -2.55. The first kappa shape index (κ1) is 34.1. The third-order valence-corrected chi connectivity index (χ3v) is 22.6. The molecule has 9 aliphatic carbocycles. The Bertz CT molecular complexity index is 1280. The molecule has 3 nitrogen and oxygen atoms in total. The van der Waals surface area contributed by atoms with Gasteiger partial charge in [-0.25, -0.2) is 0 Å². The first-order valence-corrected chi connectivity index (χ1v) is 23.6. The summed E-state index contributed by atoms with van der Waals surface area (Å²) < 4.78 is 12.9. The van der Waals surface area contributed by atoms with Gasteiger partial charge in [-0.2, -0.15) is 23.5 Å². The Morgan fingerprint density at radius 2 is 1.04 bits per heavy atom. The van der Waals surface area contributed by atoms with Crippen molar-refractivity contribution < 1.29 is 14.6 Å². The third kappa shape index (κ3) is 5.11. The number of hydrogen-bond acceptors (Lipinski definition) is 5. The van der Waals surface area contributed by atoms with E-state index in [0.717, 1.165) is 87.6 Å². The molecule has 18 atom stereocenters. The molecule has 0 amide bonds. The maximum absolute atomic E-state index is 10.5. The van der Waals surface area contributed by atoms with Crippen molar-refractivity contribution in [3.05, 3.63) is 0 Å². The van der Waals surface area contributed by atoms with Gasteiger partial charge in [0.2, 0.25) is 0 Å². The number of methoxy groups -OCH3 is 1. The van der Waals surface area contributed by atoms with Gasteiger partial charge in [-0.15, -0.1) is 0 Å². The molecule has 276 valence electrons. The van der Waals surface area contributed by atoms with Crippen molar-refractivity contribution in [3.63, 3.8) is 0 Å². The van der Waals surface area contributed by atoms with Crippen LogP contribution in [0.1, 0.15) is 156 Å². The van der Waals surface area contributed by atoms with Crippen LogP contribution in [0.2, 0.25) is 0 Å². The first-order chi connectivity index (χ1) is 23.5. The molecular formula is C44H70O3S2. The van der Waals surface area contributed by atoms with Crippen LogP contribution in [-0.2, 0) is 9.47 Å². The molecule has 49 heavy (non-hydrogen) atoms. The summed E-state index contributed by atoms with van der Waals surface area (Å²) in [5.74, 6) is 7.38. The van der Waals surface area contributed by atoms with Gasteiger partial charge in [0.25, 0.3) is 0 Å². The summed E-state index contributed by atoms with van der Waals surface area (Å²) in [4.78, 5) is 0. The predicted molar refractivity (Wildman–Crippen MR) is 204 cm³/mol. The van der Waals surface area contributed by atoms with Gasteiger partial charge in [-0.05, 0) is 185 Å². The van der Waals surface area contributed by atoms with Crippen molar-refractivity contribution in [1.29, 1.82) is 0 Å². The molecule has 5 heteroatoms. The first-order valence-electron chi connectivity index (χ1n) is 21.7. The minimum absolute atomic E-state index is 0.0105. The molecule has 0 radical (unpaired) electrons. The summed E-state index contributed by atoms with van der Waals surface area (Å²) in [7, 11) is 1.88. The minimum atomic E-state index is -0.259. The lowest BCUT2D eigenvalue weighted by Gasteiger charge is -2.60. The summed E-state index contributed by atoms with van der Waals surface area (Å²) >= 11 is 4.59. The van der Waals surface area contributed by atoms with Crippen LogP contribution in [-0.4, -0.2) is 51.2 Å². The molecule has 11 rings (SSSR count). The average molecular weight is 711 g/mol. The van der Waals surface area contributed by atoms with Gasteiger partial charge in [0.15, 0.2) is 5.79 Å². The Hall–Kier alpha value is 0.580. The molecule has 11 fully saturated rings. The quantitative estimate of drug-likeness (QED) is 0.233. The Labute approximate surface area is 308 Å². The minimum Gasteiger partial charge on any atom is -0.393 e. The zero-order valence-corrected chi connectivity index (χ0v) is 33.4. The van der Waals surface area contributed by atoms with Crippen molar-refractivity contribution in [1.82, 2.24) is 0 Å². The molecule has 0 spiro atoms. The van der Waals surface area contributed by atoms with Crippen LogP contribution in [0, 0.1) is 69.0 Å². The zero-order chi connectivity index (χ0) is 33.6. The summed E-state index contributed by atoms with van der Waals surface area (Å²) in [6.45, 7) is 10.4. The molecular weight excluding hydrogens is 641 g/mol. The number of hydrogen-bond donors (Lipinski definition) is 1. The van der Waals surface area contributed by atoms with E-state index in [1.807, 2.05) is 7.11 Å². The Morgan fingerprint density at radius 3 is 1.61 bits per heavy atom. The summed E-state index contributed by atoms with van der Waals surface area (Å²) in [6.07, 6.45) is 27.9. The van der Waals surface area contributed by atoms with Crippen LogP contribution in [0.25, 0.3) is 0 Å². The average Bonchev–Trinajstić information content (AvgIpc) is 3.88. The largest absolute Gasteiger partial charge is 0.393 e. The van der Waals surface area contributed by atoms with E-state index in [4.69, 9.17) is 9.47 Å². The SMILES string of the molecule is COC1(O[C@H]2CC[C@H]3[C@@H]4CCC5C[C@@H]6S[C@@H]6C[C@]5(C)[C@H]4CC[C@]23C)CCCC1.C[C@]12CC[C@H]3[C@@H](CCC4C[C@@H]5S[C@@H]5C[C@@]43C)[C@@H]1CC[C@@H]2O. The molecule has 11 aliphatic rings. The molecule has 1 N–H and O–H groups in total. The highest BCUT2D eigenvalue weighted by Gasteiger charge is 2.65. The molecule has 0 bridgehead atoms. The maximum atomic E-state index is 10.5. The van der Waals surface area contributed by atoms with Gasteiger partial charge in [-0.3, -0.25) is 0 Å². The van der Waals surface area contributed by atoms with E-state index >= 15 is 0 Å². The van der Waals surface area contributed by atoms with E-state index in [-0.39, 0.29) is 17.3 Å². The fourth-order valence-corrected chi connectivity index (χ4v) is 19.4. The number of ether oxygens (including phenoxy) is 2. The van der Waals surface area contributed by atoms with Crippen LogP contribution >= 0.6 is 23.5 Å². The molecule has 0 aromatic rings. The third-order valence-electron chi connectivity index (χ3n) is 19.8. The zero-order valence-electron chi connectivity index (χ0n) is 31.8. The van der Waals surface area contributed by atoms with Crippen LogP contribution in [0.15, 0.2) is 0 Å². The lowest BCUT2D eigenvalue weighted by atomic mass is 9.45. The second-order valence-electron chi connectivity index (χ2n) is 21.3. The fraction of sp³-hybridized carbons (Fsp3) is 1.00. The van der Waals surface area contributed by atoms with E-state index < -0.39 is 0 Å². The Kier molecular flexibility index (Phi) is 8.20. The van der Waals surface area contributed by atoms with E-state index in [9.17, 15) is 5.11 Å². The standard InChI is InChI=1S/C25H40O2S.C19H30OS/c1-23-13-10-19-17(7-6-16-14-20-21(28-20)15-24(16,19)2)18(23)8-9-22(23)27-25(26-3)11-4-5-12-25;1-18-8-7-14-12(13(18)5-6-17(18)20)4-3-11-9-15-16(21-15)10-19(11,14)2/h16-22H,4-15H2,1-3H3;11-17,20H,3-10H2,1-2H3/t16?,17-,18-,19-,20-,21+,22-,23-,24-;11?,12-,13-,14-,15-,16+,17-,18-,19-/m00/s1. The summed E-state index contributed by atoms with van der Waals surface area (Å²) in [5.41, 5.74) is 1.94. The van der Waals surface area contributed by atoms with Crippen LogP contribution in [0.4, 0.5) is 0 Å². The molecule has 9 saturated carbocycles. The molecule has 2 heterocycles. The molecule has 0 aromatic carbocycles. The van der Waals surface area contributed by atoms with Crippen LogP contribution in [0.3, 0.4) is 0 Å². The highest BCUT2D eigenvalue weighted by molar-refractivity contribution is 8.08. The molecule has 2 saturated heterocycles. The van der Waals surface area contributed by atoms with Gasteiger partial charge < -0.3 is 14.6 Å². The lowest BCUT2D eigenvalue weighted by molar-refractivity contribution is -0.264. The van der Waals surface area contributed by atoms with E-state index in [0.29, 0.717) is 22.3 Å². The fourth-order valence-electron chi connectivity index (χ4n) is 16.7. The predicted octanol–water partition coefficient (Wildman–Crippen LogP) is 10.9. The number of rotatable bonds is 3. The second-order valence-corrected chi connectivity index (χ2v) is 24.3. The molecule has 0 aromatic heterocycles. The number of aliphatic hydroxyl groups excluding tert-OH is 1. The van der Waals surface area contributed by atoms with Gasteiger partial charge in [0.05, 0.1) is 12.2 Å². The normalized spacial score (nSPS) is 60.1. The summed E-state index contributed by atoms with van der Waals surface area (Å²) in [5, 5.41) is 14.7. The van der Waals surface area contributed by atoms with Crippen molar-refractivity contribution in [2.24, 2.45) is 69.0 Å². The van der Waals surface area contributed by atoms with E-state index in [1.165, 1.54) is 103 Å². The topological polar surface area (TPSA) is 38.7 Å². The maximum Gasteiger partial charge on any atom is 0.168 e. The van der Waals surface area contributed by atoms with Gasteiger partial charge in [0, 0.05) is 41.0 Å². The number of thioether (sulfide) groups is 2. The number of aliphatic hydroxyl groups is 1. The van der Waals surface area contributed by atoms with Crippen molar-refractivity contribution in [2.75, 3.05) is 7.11 Å². The molecule has 2 aliphatic heterocycles. The highest BCUT2D eigenvalue weighted by atomic mass is 32.2. The van der Waals surface area contributed by atoms with Crippen molar-refractivity contribution >= 4 is 23.5 Å². The van der Waals surface area contributed by atoms with Crippen LogP contribution in [0.5, 0.6) is 0 Å². The monoisotopic (exact) mass is 710 g/mol. The van der Waals surface area contributed by atoms with Gasteiger partial charge in [-0.1, -0.05) is 27.7 Å². The van der Waals surface area contributed by atoms with Crippen molar-refractivity contribution in [2.45, 2.75) is 195 Å². The smallest absolute Gasteiger partial charge is 0.168 e. The number of fused-ring (bicyclic) bond motifs is 12. The Morgan fingerprint density at radius 1 is 0.531 bits per heavy atom. The highest BCUT2D eigenvalue weighted by Crippen LogP contribution is 2.72. The van der Waals surface area contributed by atoms with E-state index in [2.05, 4.69) is 51.2 Å². The van der Waals surface area contributed by atoms with Gasteiger partial charge >= 0.3 is 0 Å². The molecule has 2 unspecified atom stereocenters. The van der Waals surface area contributed by atoms with Crippen molar-refractivity contribution in [3.8, 4) is 0 Å². The van der Waals surface area contributed by atoms with Gasteiger partial charge in [0.1, 0.15) is 0 Å². The Balaban J connectivity index is 0.000000130.